The molecular formula is C5H7F3NO2. The molecule has 0 rings (SSSR count). The first-order valence-corrected chi connectivity index (χ1v) is 2.82. The average molecular weight is 170 g/mol. The highest BCUT2D eigenvalue weighted by Crippen LogP contribution is 2.19. The van der Waals surface area contributed by atoms with E-state index in [0.29, 0.717) is 4.90 Å². The summed E-state index contributed by atoms with van der Waals surface area (Å²) in [4.78, 5) is 10.3. The van der Waals surface area contributed by atoms with E-state index in [4.69, 9.17) is 0 Å². The molecule has 11 heavy (non-hydrogen) atoms. The maximum atomic E-state index is 11.4. The Balaban J connectivity index is 3.63. The minimum Gasteiger partial charge on any atom is -0.308 e. The first kappa shape index (κ1) is 10.1. The fourth-order valence-corrected chi connectivity index (χ4v) is 0.386. The van der Waals surface area contributed by atoms with Gasteiger partial charge in [-0.05, 0) is 0 Å². The van der Waals surface area contributed by atoms with E-state index >= 15 is 0 Å². The summed E-state index contributed by atoms with van der Waals surface area (Å²) in [5.74, 6) is 0. The first-order valence-electron chi connectivity index (χ1n) is 2.82. The molecule has 0 aromatic carbocycles. The van der Waals surface area contributed by atoms with Gasteiger partial charge in [-0.15, -0.1) is 0 Å². The fraction of sp³-hybridized carbons (Fsp3) is 0.800. The van der Waals surface area contributed by atoms with Crippen LogP contribution in [0.2, 0.25) is 0 Å². The van der Waals surface area contributed by atoms with Gasteiger partial charge in [-0.3, -0.25) is 0 Å². The molecule has 0 aromatic rings. The van der Waals surface area contributed by atoms with E-state index < -0.39 is 25.2 Å². The van der Waals surface area contributed by atoms with Gasteiger partial charge in [0.2, 0.25) is 0 Å². The highest BCUT2D eigenvalue weighted by atomic mass is 19.4. The molecule has 0 N–H and O–H groups in total. The van der Waals surface area contributed by atoms with Crippen LogP contribution in [0, 0.1) is 0 Å². The average Bonchev–Trinajstić information content (AvgIpc) is 1.80. The molecule has 0 aliphatic carbocycles. The highest BCUT2D eigenvalue weighted by molar-refractivity contribution is 5.63. The Kier molecular flexibility index (Phi) is 3.16. The molecule has 3 nitrogen and oxygen atoms in total. The molecule has 0 aromatic heterocycles. The van der Waals surface area contributed by atoms with Crippen molar-refractivity contribution in [2.75, 3.05) is 13.6 Å². The number of nitrogens with zero attached hydrogens (tertiary/aromatic N) is 1. The number of halogens is 3. The minimum absolute atomic E-state index is 0.480. The number of hydrogen-bond donors (Lipinski definition) is 0. The van der Waals surface area contributed by atoms with Crippen LogP contribution in [0.15, 0.2) is 0 Å². The van der Waals surface area contributed by atoms with E-state index in [1.807, 2.05) is 0 Å². The van der Waals surface area contributed by atoms with Crippen LogP contribution in [0.4, 0.5) is 18.0 Å². The van der Waals surface area contributed by atoms with Crippen molar-refractivity contribution < 1.29 is 23.1 Å². The van der Waals surface area contributed by atoms with Crippen LogP contribution in [0.25, 0.3) is 0 Å². The van der Waals surface area contributed by atoms with Crippen LogP contribution in [-0.4, -0.2) is 30.8 Å². The maximum absolute atomic E-state index is 11.4. The third-order valence-electron chi connectivity index (χ3n) is 1.04. The SMILES string of the molecule is CN(CCC(F)(F)F)C([O])=O. The van der Waals surface area contributed by atoms with Crippen LogP contribution in [-0.2, 0) is 5.11 Å². The van der Waals surface area contributed by atoms with Crippen LogP contribution >= 0.6 is 0 Å². The van der Waals surface area contributed by atoms with Crippen molar-refractivity contribution in [1.82, 2.24) is 4.90 Å². The van der Waals surface area contributed by atoms with Crippen LogP contribution in [0.5, 0.6) is 0 Å². The molecule has 0 aliphatic rings. The molecule has 65 valence electrons. The summed E-state index contributed by atoms with van der Waals surface area (Å²) in [6.07, 6.45) is -7.06. The molecule has 0 spiro atoms. The lowest BCUT2D eigenvalue weighted by Crippen LogP contribution is -2.28. The Morgan fingerprint density at radius 2 is 1.91 bits per heavy atom. The minimum atomic E-state index is -4.32. The molecular weight excluding hydrogens is 163 g/mol. The second kappa shape index (κ2) is 3.45. The maximum Gasteiger partial charge on any atom is 0.452 e. The van der Waals surface area contributed by atoms with Crippen molar-refractivity contribution in [3.8, 4) is 0 Å². The van der Waals surface area contributed by atoms with Crippen LogP contribution < -0.4 is 0 Å². The smallest absolute Gasteiger partial charge is 0.308 e. The topological polar surface area (TPSA) is 40.2 Å². The van der Waals surface area contributed by atoms with Gasteiger partial charge in [-0.25, -0.2) is 9.90 Å². The number of alkyl halides is 3. The van der Waals surface area contributed by atoms with E-state index in [1.54, 1.807) is 0 Å². The molecule has 0 aliphatic heterocycles. The van der Waals surface area contributed by atoms with Crippen molar-refractivity contribution in [2.24, 2.45) is 0 Å². The second-order valence-corrected chi connectivity index (χ2v) is 2.05. The van der Waals surface area contributed by atoms with Gasteiger partial charge < -0.3 is 4.90 Å². The zero-order valence-electron chi connectivity index (χ0n) is 5.81. The summed E-state index contributed by atoms with van der Waals surface area (Å²) < 4.78 is 34.3. The molecule has 0 atom stereocenters. The monoisotopic (exact) mass is 170 g/mol. The number of amides is 1. The summed E-state index contributed by atoms with van der Waals surface area (Å²) in [5.41, 5.74) is 0. The molecule has 0 saturated carbocycles. The van der Waals surface area contributed by atoms with Gasteiger partial charge in [-0.2, -0.15) is 13.2 Å². The van der Waals surface area contributed by atoms with Crippen molar-refractivity contribution in [3.05, 3.63) is 0 Å². The molecule has 6 heteroatoms. The standard InChI is InChI=1S/C5H7F3NO2/c1-9(4(10)11)3-2-5(6,7)8/h2-3H2,1H3. The van der Waals surface area contributed by atoms with E-state index in [0.717, 1.165) is 7.05 Å². The Bertz CT molecular complexity index is 145. The third kappa shape index (κ3) is 5.50. The predicted molar refractivity (Wildman–Crippen MR) is 29.4 cm³/mol. The van der Waals surface area contributed by atoms with E-state index in [9.17, 15) is 23.1 Å². The molecule has 0 bridgehead atoms. The summed E-state index contributed by atoms with van der Waals surface area (Å²) in [6.45, 7) is -0.578. The molecule has 1 amide bonds. The number of carbonyl (C=O) groups is 1. The van der Waals surface area contributed by atoms with Gasteiger partial charge in [0.1, 0.15) is 0 Å². The first-order chi connectivity index (χ1) is 4.83. The summed E-state index contributed by atoms with van der Waals surface area (Å²) >= 11 is 0. The Morgan fingerprint density at radius 3 is 2.18 bits per heavy atom. The van der Waals surface area contributed by atoms with Crippen LogP contribution in [0.1, 0.15) is 6.42 Å². The lowest BCUT2D eigenvalue weighted by molar-refractivity contribution is -0.136. The Hall–Kier alpha value is -0.940. The predicted octanol–water partition coefficient (Wildman–Crippen LogP) is 1.42. The molecule has 1 radical (unpaired) electrons. The van der Waals surface area contributed by atoms with Gasteiger partial charge in [0.15, 0.2) is 0 Å². The van der Waals surface area contributed by atoms with Gasteiger partial charge in [-0.1, -0.05) is 0 Å². The molecule has 0 saturated heterocycles. The lowest BCUT2D eigenvalue weighted by atomic mass is 10.4. The zero-order valence-corrected chi connectivity index (χ0v) is 5.81. The molecule has 0 fully saturated rings. The third-order valence-corrected chi connectivity index (χ3v) is 1.04. The number of rotatable bonds is 2. The Morgan fingerprint density at radius 1 is 1.45 bits per heavy atom. The number of carbonyl (C=O) groups excluding carboxylic acids is 1. The Labute approximate surface area is 61.4 Å². The second-order valence-electron chi connectivity index (χ2n) is 2.05. The fourth-order valence-electron chi connectivity index (χ4n) is 0.386. The van der Waals surface area contributed by atoms with Crippen molar-refractivity contribution in [2.45, 2.75) is 12.6 Å². The lowest BCUT2D eigenvalue weighted by Gasteiger charge is -2.12. The molecule has 0 heterocycles. The van der Waals surface area contributed by atoms with Gasteiger partial charge in [0.05, 0.1) is 6.42 Å². The van der Waals surface area contributed by atoms with E-state index in [2.05, 4.69) is 0 Å². The van der Waals surface area contributed by atoms with E-state index in [1.165, 1.54) is 0 Å². The largest absolute Gasteiger partial charge is 0.452 e. The zero-order chi connectivity index (χ0) is 9.07. The van der Waals surface area contributed by atoms with E-state index in [-0.39, 0.29) is 0 Å². The van der Waals surface area contributed by atoms with Gasteiger partial charge in [0, 0.05) is 13.6 Å². The highest BCUT2D eigenvalue weighted by Gasteiger charge is 2.28. The van der Waals surface area contributed by atoms with Gasteiger partial charge >= 0.3 is 12.3 Å². The molecule has 0 unspecified atom stereocenters. The quantitative estimate of drug-likeness (QED) is 0.617. The van der Waals surface area contributed by atoms with Crippen molar-refractivity contribution >= 4 is 6.09 Å². The normalized spacial score (nSPS) is 11.3. The van der Waals surface area contributed by atoms with Gasteiger partial charge in [0.25, 0.3) is 0 Å². The van der Waals surface area contributed by atoms with Crippen LogP contribution in [0.3, 0.4) is 0 Å². The van der Waals surface area contributed by atoms with Crippen molar-refractivity contribution in [3.63, 3.8) is 0 Å². The summed E-state index contributed by atoms with van der Waals surface area (Å²) in [7, 11) is 1.03. The summed E-state index contributed by atoms with van der Waals surface area (Å²) in [5, 5.41) is 9.86. The summed E-state index contributed by atoms with van der Waals surface area (Å²) in [6, 6.07) is 0. The van der Waals surface area contributed by atoms with Crippen molar-refractivity contribution in [1.29, 1.82) is 0 Å². The number of hydrogen-bond acceptors (Lipinski definition) is 1.